The number of allylic oxidation sites excluding steroid dienone is 2. The molecule has 2 N–H and O–H groups in total. The molecule has 0 bridgehead atoms. The minimum absolute atomic E-state index is 0.0688. The summed E-state index contributed by atoms with van der Waals surface area (Å²) >= 11 is 0. The quantitative estimate of drug-likeness (QED) is 0.756. The maximum atomic E-state index is 12.1. The third kappa shape index (κ3) is 3.78. The van der Waals surface area contributed by atoms with E-state index in [1.165, 1.54) is 19.3 Å². The van der Waals surface area contributed by atoms with Crippen LogP contribution in [-0.4, -0.2) is 12.3 Å². The molecule has 0 aromatic heterocycles. The Morgan fingerprint density at radius 3 is 2.93 bits per heavy atom. The van der Waals surface area contributed by atoms with Gasteiger partial charge in [-0.1, -0.05) is 25.8 Å². The number of hydrogen-bond donors (Lipinski definition) is 1. The molecular weight excluding hydrogens is 186 g/mol. The molecule has 0 radical (unpaired) electrons. The Labute approximate surface area is 92.9 Å². The van der Waals surface area contributed by atoms with Gasteiger partial charge in [0.05, 0.1) is 0 Å². The average Bonchev–Trinajstić information content (AvgIpc) is 2.53. The molecule has 15 heavy (non-hydrogen) atoms. The Morgan fingerprint density at radius 1 is 1.47 bits per heavy atom. The highest BCUT2D eigenvalue weighted by Gasteiger charge is 2.20. The first-order valence-electron chi connectivity index (χ1n) is 6.23. The van der Waals surface area contributed by atoms with Crippen LogP contribution in [0.15, 0.2) is 11.6 Å². The lowest BCUT2D eigenvalue weighted by Crippen LogP contribution is -2.24. The predicted octanol–water partition coefficient (Wildman–Crippen LogP) is 2.82. The first-order valence-corrected chi connectivity index (χ1v) is 6.23. The van der Waals surface area contributed by atoms with E-state index >= 15 is 0 Å². The zero-order valence-corrected chi connectivity index (χ0v) is 9.80. The van der Waals surface area contributed by atoms with Crippen molar-refractivity contribution in [2.75, 3.05) is 6.54 Å². The first kappa shape index (κ1) is 12.4. The molecule has 0 saturated carbocycles. The van der Waals surface area contributed by atoms with Gasteiger partial charge in [-0.05, 0) is 37.7 Å². The van der Waals surface area contributed by atoms with Gasteiger partial charge >= 0.3 is 0 Å². The molecule has 2 heteroatoms. The van der Waals surface area contributed by atoms with Gasteiger partial charge in [-0.25, -0.2) is 0 Å². The van der Waals surface area contributed by atoms with Crippen molar-refractivity contribution in [1.82, 2.24) is 0 Å². The van der Waals surface area contributed by atoms with Crippen LogP contribution in [0.3, 0.4) is 0 Å². The fourth-order valence-electron chi connectivity index (χ4n) is 2.21. The molecular formula is C13H23NO. The van der Waals surface area contributed by atoms with Crippen molar-refractivity contribution in [3.05, 3.63) is 11.6 Å². The summed E-state index contributed by atoms with van der Waals surface area (Å²) in [6.07, 6.45) is 9.83. The van der Waals surface area contributed by atoms with Gasteiger partial charge < -0.3 is 5.73 Å². The minimum atomic E-state index is 0.0688. The van der Waals surface area contributed by atoms with Gasteiger partial charge in [0, 0.05) is 12.5 Å². The van der Waals surface area contributed by atoms with E-state index in [0.717, 1.165) is 31.3 Å². The highest BCUT2D eigenvalue weighted by atomic mass is 16.1. The highest BCUT2D eigenvalue weighted by molar-refractivity contribution is 5.97. The number of carbonyl (C=O) groups excluding carboxylic acids is 1. The first-order chi connectivity index (χ1) is 7.29. The highest BCUT2D eigenvalue weighted by Crippen LogP contribution is 2.21. The number of Topliss-reactive ketones (excluding diaryl/α,β-unsaturated/α-hetero) is 1. The van der Waals surface area contributed by atoms with Crippen LogP contribution in [0.2, 0.25) is 0 Å². The summed E-state index contributed by atoms with van der Waals surface area (Å²) in [5.41, 5.74) is 6.71. The molecule has 0 aromatic rings. The molecule has 1 unspecified atom stereocenters. The summed E-state index contributed by atoms with van der Waals surface area (Å²) in [5.74, 6) is 0.389. The van der Waals surface area contributed by atoms with E-state index in [1.54, 1.807) is 0 Å². The molecule has 0 aromatic carbocycles. The van der Waals surface area contributed by atoms with E-state index in [1.807, 2.05) is 0 Å². The fraction of sp³-hybridized carbons (Fsp3) is 0.769. The Kier molecular flexibility index (Phi) is 5.62. The number of ketones is 1. The van der Waals surface area contributed by atoms with E-state index < -0.39 is 0 Å². The second kappa shape index (κ2) is 6.78. The number of hydrogen-bond acceptors (Lipinski definition) is 2. The van der Waals surface area contributed by atoms with Crippen LogP contribution in [0.5, 0.6) is 0 Å². The zero-order chi connectivity index (χ0) is 11.1. The normalized spacial score (nSPS) is 19.2. The molecule has 1 aliphatic rings. The van der Waals surface area contributed by atoms with Crippen LogP contribution in [0.1, 0.15) is 51.9 Å². The van der Waals surface area contributed by atoms with E-state index in [2.05, 4.69) is 13.0 Å². The van der Waals surface area contributed by atoms with Gasteiger partial charge in [-0.15, -0.1) is 0 Å². The van der Waals surface area contributed by atoms with E-state index in [4.69, 9.17) is 5.73 Å². The molecule has 86 valence electrons. The van der Waals surface area contributed by atoms with Crippen molar-refractivity contribution in [2.24, 2.45) is 11.7 Å². The summed E-state index contributed by atoms with van der Waals surface area (Å²) in [4.78, 5) is 12.1. The molecule has 0 saturated heterocycles. The fourth-order valence-corrected chi connectivity index (χ4v) is 2.21. The number of carbonyl (C=O) groups is 1. The molecule has 1 aliphatic carbocycles. The predicted molar refractivity (Wildman–Crippen MR) is 63.6 cm³/mol. The van der Waals surface area contributed by atoms with Gasteiger partial charge in [0.2, 0.25) is 0 Å². The lowest BCUT2D eigenvalue weighted by Gasteiger charge is -2.14. The van der Waals surface area contributed by atoms with Crippen molar-refractivity contribution in [1.29, 1.82) is 0 Å². The van der Waals surface area contributed by atoms with Crippen LogP contribution >= 0.6 is 0 Å². The third-order valence-corrected chi connectivity index (χ3v) is 3.15. The van der Waals surface area contributed by atoms with Gasteiger partial charge in [-0.2, -0.15) is 0 Å². The molecule has 0 fully saturated rings. The monoisotopic (exact) mass is 209 g/mol. The van der Waals surface area contributed by atoms with Crippen LogP contribution in [0, 0.1) is 5.92 Å². The largest absolute Gasteiger partial charge is 0.330 e. The second-order valence-corrected chi connectivity index (χ2v) is 4.41. The summed E-state index contributed by atoms with van der Waals surface area (Å²) in [5, 5.41) is 0. The molecule has 2 nitrogen and oxygen atoms in total. The standard InChI is InChI=1S/C13H23NO/c1-2-7-12(10-14)13(15)11-8-5-3-4-6-9-11/h8,12H,2-7,9-10,14H2,1H3. The molecule has 1 atom stereocenters. The van der Waals surface area contributed by atoms with Crippen LogP contribution < -0.4 is 5.73 Å². The SMILES string of the molecule is CCCC(CN)C(=O)C1=CCCCCC1. The number of rotatable bonds is 5. The Bertz CT molecular complexity index is 233. The van der Waals surface area contributed by atoms with Gasteiger partial charge in [0.1, 0.15) is 0 Å². The van der Waals surface area contributed by atoms with E-state index in [0.29, 0.717) is 12.3 Å². The molecule has 0 amide bonds. The van der Waals surface area contributed by atoms with Gasteiger partial charge in [0.15, 0.2) is 5.78 Å². The zero-order valence-electron chi connectivity index (χ0n) is 9.80. The smallest absolute Gasteiger partial charge is 0.162 e. The Morgan fingerprint density at radius 2 is 2.27 bits per heavy atom. The van der Waals surface area contributed by atoms with Crippen molar-refractivity contribution in [2.45, 2.75) is 51.9 Å². The maximum Gasteiger partial charge on any atom is 0.162 e. The lowest BCUT2D eigenvalue weighted by molar-refractivity contribution is -0.119. The van der Waals surface area contributed by atoms with E-state index in [-0.39, 0.29) is 5.92 Å². The summed E-state index contributed by atoms with van der Waals surface area (Å²) in [6.45, 7) is 2.61. The van der Waals surface area contributed by atoms with Crippen LogP contribution in [0.25, 0.3) is 0 Å². The molecule has 0 aliphatic heterocycles. The molecule has 1 rings (SSSR count). The lowest BCUT2D eigenvalue weighted by atomic mass is 9.91. The molecule has 0 spiro atoms. The summed E-state index contributed by atoms with van der Waals surface area (Å²) < 4.78 is 0. The van der Waals surface area contributed by atoms with E-state index in [9.17, 15) is 4.79 Å². The second-order valence-electron chi connectivity index (χ2n) is 4.41. The van der Waals surface area contributed by atoms with Crippen molar-refractivity contribution in [3.63, 3.8) is 0 Å². The van der Waals surface area contributed by atoms with Crippen molar-refractivity contribution in [3.8, 4) is 0 Å². The number of nitrogens with two attached hydrogens (primary N) is 1. The minimum Gasteiger partial charge on any atom is -0.330 e. The maximum absolute atomic E-state index is 12.1. The van der Waals surface area contributed by atoms with Crippen LogP contribution in [0.4, 0.5) is 0 Å². The summed E-state index contributed by atoms with van der Waals surface area (Å²) in [6, 6.07) is 0. The Balaban J connectivity index is 2.59. The average molecular weight is 209 g/mol. The van der Waals surface area contributed by atoms with Crippen LogP contribution in [-0.2, 0) is 4.79 Å². The molecule has 0 heterocycles. The van der Waals surface area contributed by atoms with Crippen molar-refractivity contribution < 1.29 is 4.79 Å². The van der Waals surface area contributed by atoms with Crippen molar-refractivity contribution >= 4 is 5.78 Å². The van der Waals surface area contributed by atoms with Gasteiger partial charge in [0.25, 0.3) is 0 Å². The van der Waals surface area contributed by atoms with Gasteiger partial charge in [-0.3, -0.25) is 4.79 Å². The topological polar surface area (TPSA) is 43.1 Å². The Hall–Kier alpha value is -0.630. The summed E-state index contributed by atoms with van der Waals surface area (Å²) in [7, 11) is 0. The third-order valence-electron chi connectivity index (χ3n) is 3.15.